The summed E-state index contributed by atoms with van der Waals surface area (Å²) in [7, 11) is 1.81. The molecular weight excluding hydrogens is 309 g/mol. The van der Waals surface area contributed by atoms with E-state index >= 15 is 0 Å². The predicted molar refractivity (Wildman–Crippen MR) is 87.6 cm³/mol. The lowest BCUT2D eigenvalue weighted by Crippen LogP contribution is -2.35. The Morgan fingerprint density at radius 1 is 1.29 bits per heavy atom. The van der Waals surface area contributed by atoms with E-state index in [-0.39, 0.29) is 17.7 Å². The number of rotatable bonds is 5. The number of carbonyl (C=O) groups is 1. The van der Waals surface area contributed by atoms with Gasteiger partial charge in [0.25, 0.3) is 5.89 Å². The summed E-state index contributed by atoms with van der Waals surface area (Å²) in [5, 5.41) is 3.89. The topological polar surface area (TPSA) is 59.2 Å². The van der Waals surface area contributed by atoms with E-state index in [1.165, 1.54) is 12.5 Å². The fourth-order valence-corrected chi connectivity index (χ4v) is 3.14. The summed E-state index contributed by atoms with van der Waals surface area (Å²) in [6, 6.07) is 6.29. The van der Waals surface area contributed by atoms with Crippen LogP contribution in [0, 0.1) is 11.7 Å². The van der Waals surface area contributed by atoms with Gasteiger partial charge in [-0.15, -0.1) is 0 Å². The average molecular weight is 331 g/mol. The fraction of sp³-hybridized carbons (Fsp3) is 0.500. The summed E-state index contributed by atoms with van der Waals surface area (Å²) in [5.41, 5.74) is 0.294. The van der Waals surface area contributed by atoms with Gasteiger partial charge >= 0.3 is 0 Å². The zero-order chi connectivity index (χ0) is 16.9. The van der Waals surface area contributed by atoms with E-state index in [9.17, 15) is 9.18 Å². The van der Waals surface area contributed by atoms with Crippen LogP contribution in [0.4, 0.5) is 4.39 Å². The van der Waals surface area contributed by atoms with Crippen LogP contribution in [0.2, 0.25) is 0 Å². The van der Waals surface area contributed by atoms with Crippen molar-refractivity contribution in [1.29, 1.82) is 0 Å². The zero-order valence-electron chi connectivity index (χ0n) is 13.9. The highest BCUT2D eigenvalue weighted by Crippen LogP contribution is 2.25. The Morgan fingerprint density at radius 2 is 2.04 bits per heavy atom. The molecule has 1 aliphatic rings. The number of halogens is 1. The predicted octanol–water partition coefficient (Wildman–Crippen LogP) is 3.46. The number of carbonyl (C=O) groups excluding carboxylic acids is 1. The third kappa shape index (κ3) is 3.80. The molecule has 1 aromatic carbocycles. The lowest BCUT2D eigenvalue weighted by atomic mass is 9.88. The Labute approximate surface area is 140 Å². The molecule has 0 unspecified atom stereocenters. The zero-order valence-corrected chi connectivity index (χ0v) is 13.9. The number of likely N-dealkylation sites (N-methyl/N-ethyl adjacent to an activating group) is 1. The molecule has 1 saturated carbocycles. The second-order valence-electron chi connectivity index (χ2n) is 6.34. The van der Waals surface area contributed by atoms with Crippen molar-refractivity contribution in [3.8, 4) is 11.5 Å². The summed E-state index contributed by atoms with van der Waals surface area (Å²) in [6.45, 7) is 0.533. The molecule has 0 atom stereocenters. The highest BCUT2D eigenvalue weighted by atomic mass is 19.1. The second-order valence-corrected chi connectivity index (χ2v) is 6.34. The maximum absolute atomic E-state index is 13.7. The van der Waals surface area contributed by atoms with Gasteiger partial charge in [-0.25, -0.2) is 4.39 Å². The second kappa shape index (κ2) is 7.55. The molecule has 128 valence electrons. The van der Waals surface area contributed by atoms with Gasteiger partial charge in [0.15, 0.2) is 5.82 Å². The molecule has 0 radical (unpaired) electrons. The van der Waals surface area contributed by atoms with Crippen molar-refractivity contribution in [3.05, 3.63) is 35.9 Å². The van der Waals surface area contributed by atoms with E-state index in [1.807, 2.05) is 7.05 Å². The molecule has 6 heteroatoms. The highest BCUT2D eigenvalue weighted by Gasteiger charge is 2.24. The monoisotopic (exact) mass is 331 g/mol. The van der Waals surface area contributed by atoms with Gasteiger partial charge in [0.05, 0.1) is 5.56 Å². The van der Waals surface area contributed by atoms with Crippen LogP contribution in [0.25, 0.3) is 11.5 Å². The highest BCUT2D eigenvalue weighted by molar-refractivity contribution is 5.78. The minimum Gasteiger partial charge on any atom is -0.345 e. The van der Waals surface area contributed by atoms with Crippen molar-refractivity contribution in [2.24, 2.45) is 5.92 Å². The van der Waals surface area contributed by atoms with Gasteiger partial charge in [-0.05, 0) is 25.0 Å². The number of hydrogen-bond acceptors (Lipinski definition) is 4. The Bertz CT molecular complexity index is 695. The summed E-state index contributed by atoms with van der Waals surface area (Å²) in [4.78, 5) is 18.4. The molecule has 3 rings (SSSR count). The quantitative estimate of drug-likeness (QED) is 0.842. The van der Waals surface area contributed by atoms with Crippen LogP contribution >= 0.6 is 0 Å². The van der Waals surface area contributed by atoms with Crippen molar-refractivity contribution in [2.45, 2.75) is 38.5 Å². The summed E-state index contributed by atoms with van der Waals surface area (Å²) in [5.74, 6) is 0.619. The lowest BCUT2D eigenvalue weighted by molar-refractivity contribution is -0.135. The molecule has 1 amide bonds. The van der Waals surface area contributed by atoms with Crippen LogP contribution in [0.3, 0.4) is 0 Å². The normalized spacial score (nSPS) is 15.4. The van der Waals surface area contributed by atoms with E-state index in [1.54, 1.807) is 23.1 Å². The molecule has 1 heterocycles. The molecule has 0 saturated heterocycles. The Morgan fingerprint density at radius 3 is 2.79 bits per heavy atom. The molecule has 24 heavy (non-hydrogen) atoms. The number of amides is 1. The van der Waals surface area contributed by atoms with Gasteiger partial charge in [-0.1, -0.05) is 36.6 Å². The van der Waals surface area contributed by atoms with Crippen molar-refractivity contribution in [1.82, 2.24) is 15.0 Å². The first-order valence-corrected chi connectivity index (χ1v) is 8.47. The van der Waals surface area contributed by atoms with Gasteiger partial charge in [0, 0.05) is 25.9 Å². The summed E-state index contributed by atoms with van der Waals surface area (Å²) < 4.78 is 18.9. The summed E-state index contributed by atoms with van der Waals surface area (Å²) >= 11 is 0. The van der Waals surface area contributed by atoms with Crippen molar-refractivity contribution < 1.29 is 13.7 Å². The Balaban J connectivity index is 1.57. The maximum atomic E-state index is 13.7. The molecule has 1 fully saturated rings. The van der Waals surface area contributed by atoms with Gasteiger partial charge in [0.2, 0.25) is 5.91 Å². The third-order valence-corrected chi connectivity index (χ3v) is 4.57. The molecule has 1 aliphatic carbocycles. The van der Waals surface area contributed by atoms with Gasteiger partial charge in [-0.3, -0.25) is 4.79 Å². The average Bonchev–Trinajstić information content (AvgIpc) is 3.09. The van der Waals surface area contributed by atoms with E-state index in [2.05, 4.69) is 10.1 Å². The van der Waals surface area contributed by atoms with Crippen LogP contribution in [0.5, 0.6) is 0 Å². The van der Waals surface area contributed by atoms with Crippen LogP contribution in [-0.2, 0) is 11.2 Å². The summed E-state index contributed by atoms with van der Waals surface area (Å²) in [6.07, 6.45) is 5.98. The van der Waals surface area contributed by atoms with Crippen LogP contribution in [0.1, 0.15) is 37.9 Å². The molecule has 0 spiro atoms. The van der Waals surface area contributed by atoms with E-state index in [4.69, 9.17) is 4.52 Å². The minimum absolute atomic E-state index is 0.156. The fourth-order valence-electron chi connectivity index (χ4n) is 3.14. The van der Waals surface area contributed by atoms with Gasteiger partial charge in [0.1, 0.15) is 5.82 Å². The SMILES string of the molecule is CN(CCc1noc(-c2ccccc2F)n1)C(=O)C1CCCCC1. The van der Waals surface area contributed by atoms with Gasteiger partial charge < -0.3 is 9.42 Å². The van der Waals surface area contributed by atoms with E-state index in [0.29, 0.717) is 24.4 Å². The minimum atomic E-state index is -0.391. The first-order valence-electron chi connectivity index (χ1n) is 8.47. The standard InChI is InChI=1S/C18H22FN3O2/c1-22(18(23)13-7-3-2-4-8-13)12-11-16-20-17(24-21-16)14-9-5-6-10-15(14)19/h5-6,9-10,13H,2-4,7-8,11-12H2,1H3. The number of hydrogen-bond donors (Lipinski definition) is 0. The largest absolute Gasteiger partial charge is 0.345 e. The molecule has 0 bridgehead atoms. The smallest absolute Gasteiger partial charge is 0.260 e. The maximum Gasteiger partial charge on any atom is 0.260 e. The van der Waals surface area contributed by atoms with Gasteiger partial charge in [-0.2, -0.15) is 4.98 Å². The molecule has 0 aliphatic heterocycles. The number of nitrogens with zero attached hydrogens (tertiary/aromatic N) is 3. The first kappa shape index (κ1) is 16.6. The van der Waals surface area contributed by atoms with Crippen molar-refractivity contribution in [2.75, 3.05) is 13.6 Å². The third-order valence-electron chi connectivity index (χ3n) is 4.57. The van der Waals surface area contributed by atoms with Crippen LogP contribution in [0.15, 0.2) is 28.8 Å². The van der Waals surface area contributed by atoms with Crippen molar-refractivity contribution in [3.63, 3.8) is 0 Å². The van der Waals surface area contributed by atoms with Crippen molar-refractivity contribution >= 4 is 5.91 Å². The van der Waals surface area contributed by atoms with Crippen LogP contribution in [-0.4, -0.2) is 34.5 Å². The number of aromatic nitrogens is 2. The van der Waals surface area contributed by atoms with E-state index < -0.39 is 5.82 Å². The van der Waals surface area contributed by atoms with E-state index in [0.717, 1.165) is 25.7 Å². The lowest BCUT2D eigenvalue weighted by Gasteiger charge is -2.26. The molecule has 5 nitrogen and oxygen atoms in total. The van der Waals surface area contributed by atoms with Crippen LogP contribution < -0.4 is 0 Å². The number of benzene rings is 1. The molecule has 1 aromatic heterocycles. The molecule has 2 aromatic rings. The first-order chi connectivity index (χ1) is 11.6. The molecule has 0 N–H and O–H groups in total. The Hall–Kier alpha value is -2.24. The Kier molecular flexibility index (Phi) is 5.23. The molecular formula is C18H22FN3O2.